The minimum atomic E-state index is -4.16. The highest BCUT2D eigenvalue weighted by molar-refractivity contribution is 7.84. The third-order valence-electron chi connectivity index (χ3n) is 2.29. The second-order valence-electron chi connectivity index (χ2n) is 3.81. The number of hydrogen-bond acceptors (Lipinski definition) is 5. The number of rotatable bonds is 7. The van der Waals surface area contributed by atoms with Gasteiger partial charge >= 0.3 is 10.3 Å². The zero-order chi connectivity index (χ0) is 14.5. The summed E-state index contributed by atoms with van der Waals surface area (Å²) in [6.07, 6.45) is -1.96. The summed E-state index contributed by atoms with van der Waals surface area (Å²) in [6.45, 7) is 1.27. The predicted molar refractivity (Wildman–Crippen MR) is 65.8 cm³/mol. The van der Waals surface area contributed by atoms with Crippen molar-refractivity contribution in [3.63, 3.8) is 0 Å². The number of halogens is 1. The molecule has 0 fully saturated rings. The Balaban J connectivity index is 2.97. The monoisotopic (exact) mass is 293 g/mol. The molecule has 6 nitrogen and oxygen atoms in total. The maximum Gasteiger partial charge on any atom is 0.333 e. The molecule has 0 aliphatic heterocycles. The summed E-state index contributed by atoms with van der Waals surface area (Å²) in [5.74, 6) is -0.534. The largest absolute Gasteiger partial charge is 0.359 e. The standard InChI is InChI=1S/C11H16FNO5S/c1-8(18-19(13,14)15)11(17-7-16-2)9-5-3-4-6-10(9)12/h3-6,8,11H,7H2,1-2H3,(H2,13,14,15)/t8-,11+/m1/s1. The second kappa shape index (κ2) is 6.92. The van der Waals surface area contributed by atoms with Crippen molar-refractivity contribution in [2.24, 2.45) is 5.14 Å². The number of hydrogen-bond donors (Lipinski definition) is 1. The van der Waals surface area contributed by atoms with E-state index < -0.39 is 28.3 Å². The molecule has 0 amide bonds. The van der Waals surface area contributed by atoms with Gasteiger partial charge in [-0.1, -0.05) is 18.2 Å². The third-order valence-corrected chi connectivity index (χ3v) is 2.86. The van der Waals surface area contributed by atoms with Crippen LogP contribution < -0.4 is 5.14 Å². The number of methoxy groups -OCH3 is 1. The van der Waals surface area contributed by atoms with Gasteiger partial charge in [0.15, 0.2) is 0 Å². The molecule has 0 spiro atoms. The Morgan fingerprint density at radius 3 is 2.53 bits per heavy atom. The van der Waals surface area contributed by atoms with Crippen LogP contribution in [0.3, 0.4) is 0 Å². The summed E-state index contributed by atoms with van der Waals surface area (Å²) in [5.41, 5.74) is 0.163. The zero-order valence-corrected chi connectivity index (χ0v) is 11.4. The Bertz CT molecular complexity index is 508. The van der Waals surface area contributed by atoms with E-state index in [-0.39, 0.29) is 12.4 Å². The van der Waals surface area contributed by atoms with Gasteiger partial charge in [0, 0.05) is 12.7 Å². The Morgan fingerprint density at radius 2 is 2.00 bits per heavy atom. The number of ether oxygens (including phenoxy) is 2. The fraction of sp³-hybridized carbons (Fsp3) is 0.455. The van der Waals surface area contributed by atoms with Crippen LogP contribution in [0.15, 0.2) is 24.3 Å². The van der Waals surface area contributed by atoms with Gasteiger partial charge in [-0.15, -0.1) is 0 Å². The average molecular weight is 293 g/mol. The van der Waals surface area contributed by atoms with E-state index >= 15 is 0 Å². The lowest BCUT2D eigenvalue weighted by molar-refractivity contribution is -0.105. The molecule has 1 aromatic carbocycles. The van der Waals surface area contributed by atoms with Crippen LogP contribution in [-0.4, -0.2) is 28.4 Å². The van der Waals surface area contributed by atoms with Crippen LogP contribution in [-0.2, 0) is 24.0 Å². The van der Waals surface area contributed by atoms with Crippen molar-refractivity contribution in [1.29, 1.82) is 0 Å². The SMILES string of the molecule is COCO[C@H](c1ccccc1F)[C@@H](C)OS(N)(=O)=O. The van der Waals surface area contributed by atoms with Crippen molar-refractivity contribution in [3.8, 4) is 0 Å². The van der Waals surface area contributed by atoms with E-state index in [4.69, 9.17) is 14.6 Å². The molecule has 0 aliphatic carbocycles. The molecule has 8 heteroatoms. The molecule has 108 valence electrons. The average Bonchev–Trinajstić information content (AvgIpc) is 2.29. The maximum atomic E-state index is 13.7. The molecule has 0 aliphatic rings. The molecule has 0 heterocycles. The molecule has 2 atom stereocenters. The van der Waals surface area contributed by atoms with Crippen LogP contribution in [0.5, 0.6) is 0 Å². The first-order valence-electron chi connectivity index (χ1n) is 5.41. The quantitative estimate of drug-likeness (QED) is 0.760. The first-order valence-corrected chi connectivity index (χ1v) is 6.88. The van der Waals surface area contributed by atoms with Gasteiger partial charge in [0.25, 0.3) is 0 Å². The fourth-order valence-corrected chi connectivity index (χ4v) is 2.11. The topological polar surface area (TPSA) is 87.8 Å². The summed E-state index contributed by atoms with van der Waals surface area (Å²) >= 11 is 0. The van der Waals surface area contributed by atoms with E-state index in [1.165, 1.54) is 32.2 Å². The number of benzene rings is 1. The molecule has 2 N–H and O–H groups in total. The first-order chi connectivity index (χ1) is 8.85. The molecule has 0 unspecified atom stereocenters. The lowest BCUT2D eigenvalue weighted by Crippen LogP contribution is -2.29. The molecule has 0 saturated heterocycles. The Hall–Kier alpha value is -1.06. The highest BCUT2D eigenvalue weighted by Crippen LogP contribution is 2.26. The van der Waals surface area contributed by atoms with Crippen LogP contribution in [0.4, 0.5) is 4.39 Å². The van der Waals surface area contributed by atoms with Gasteiger partial charge in [-0.3, -0.25) is 4.18 Å². The van der Waals surface area contributed by atoms with Crippen molar-refractivity contribution in [1.82, 2.24) is 0 Å². The molecule has 0 bridgehead atoms. The molecule has 1 aromatic rings. The van der Waals surface area contributed by atoms with Crippen molar-refractivity contribution in [2.45, 2.75) is 19.1 Å². The van der Waals surface area contributed by atoms with Crippen molar-refractivity contribution < 1.29 is 26.5 Å². The van der Waals surface area contributed by atoms with E-state index in [9.17, 15) is 12.8 Å². The third kappa shape index (κ3) is 5.21. The second-order valence-corrected chi connectivity index (χ2v) is 4.99. The highest BCUT2D eigenvalue weighted by atomic mass is 32.2. The minimum Gasteiger partial charge on any atom is -0.359 e. The van der Waals surface area contributed by atoms with Gasteiger partial charge in [-0.05, 0) is 13.0 Å². The van der Waals surface area contributed by atoms with Crippen LogP contribution in [0.2, 0.25) is 0 Å². The van der Waals surface area contributed by atoms with Crippen LogP contribution in [0.1, 0.15) is 18.6 Å². The van der Waals surface area contributed by atoms with Gasteiger partial charge in [-0.2, -0.15) is 8.42 Å². The normalized spacial score (nSPS) is 15.2. The molecule has 1 rings (SSSR count). The molecule has 19 heavy (non-hydrogen) atoms. The minimum absolute atomic E-state index is 0.142. The van der Waals surface area contributed by atoms with Gasteiger partial charge < -0.3 is 9.47 Å². The number of nitrogens with two attached hydrogens (primary N) is 1. The lowest BCUT2D eigenvalue weighted by Gasteiger charge is -2.23. The van der Waals surface area contributed by atoms with E-state index in [1.807, 2.05) is 0 Å². The molecular formula is C11H16FNO5S. The maximum absolute atomic E-state index is 13.7. The van der Waals surface area contributed by atoms with E-state index in [0.29, 0.717) is 0 Å². The highest BCUT2D eigenvalue weighted by Gasteiger charge is 2.26. The fourth-order valence-electron chi connectivity index (χ4n) is 1.59. The molecule has 0 saturated carbocycles. The summed E-state index contributed by atoms with van der Waals surface area (Å²) < 4.78 is 50.1. The summed E-state index contributed by atoms with van der Waals surface area (Å²) in [4.78, 5) is 0. The molecular weight excluding hydrogens is 277 g/mol. The van der Waals surface area contributed by atoms with Crippen molar-refractivity contribution >= 4 is 10.3 Å². The van der Waals surface area contributed by atoms with Crippen LogP contribution in [0, 0.1) is 5.82 Å². The van der Waals surface area contributed by atoms with Crippen molar-refractivity contribution in [3.05, 3.63) is 35.6 Å². The van der Waals surface area contributed by atoms with E-state index in [1.54, 1.807) is 6.07 Å². The Kier molecular flexibility index (Phi) is 5.83. The Morgan fingerprint density at radius 1 is 1.37 bits per heavy atom. The van der Waals surface area contributed by atoms with E-state index in [0.717, 1.165) is 0 Å². The zero-order valence-electron chi connectivity index (χ0n) is 10.6. The van der Waals surface area contributed by atoms with Gasteiger partial charge in [0.05, 0.1) is 0 Å². The summed E-state index contributed by atoms with van der Waals surface area (Å²) in [5, 5.41) is 4.79. The Labute approximate surface area is 111 Å². The van der Waals surface area contributed by atoms with Gasteiger partial charge in [0.1, 0.15) is 24.8 Å². The van der Waals surface area contributed by atoms with Gasteiger partial charge in [0.2, 0.25) is 0 Å². The summed E-state index contributed by atoms with van der Waals surface area (Å²) in [6, 6.07) is 5.82. The first kappa shape index (κ1) is 16.0. The molecule has 0 radical (unpaired) electrons. The van der Waals surface area contributed by atoms with Crippen LogP contribution >= 0.6 is 0 Å². The molecule has 0 aromatic heterocycles. The summed E-state index contributed by atoms with van der Waals surface area (Å²) in [7, 11) is -2.77. The van der Waals surface area contributed by atoms with Gasteiger partial charge in [-0.25, -0.2) is 9.53 Å². The predicted octanol–water partition coefficient (Wildman–Crippen LogP) is 1.10. The van der Waals surface area contributed by atoms with Crippen LogP contribution in [0.25, 0.3) is 0 Å². The van der Waals surface area contributed by atoms with E-state index in [2.05, 4.69) is 4.18 Å². The van der Waals surface area contributed by atoms with Crippen molar-refractivity contribution in [2.75, 3.05) is 13.9 Å². The smallest absolute Gasteiger partial charge is 0.333 e. The lowest BCUT2D eigenvalue weighted by atomic mass is 10.0.